The maximum Gasteiger partial charge on any atom is 0.246 e. The molecular weight excluding hydrogens is 319 g/mol. The van der Waals surface area contributed by atoms with Crippen molar-refractivity contribution in [3.05, 3.63) is 41.2 Å². The lowest BCUT2D eigenvalue weighted by atomic mass is 9.93. The number of piperidine rings is 1. The molecule has 1 saturated heterocycles. The summed E-state index contributed by atoms with van der Waals surface area (Å²) in [4.78, 5) is 26.2. The van der Waals surface area contributed by atoms with Crippen molar-refractivity contribution in [1.29, 1.82) is 0 Å². The Bertz CT molecular complexity index is 666. The zero-order valence-corrected chi connectivity index (χ0v) is 15.3. The highest BCUT2D eigenvalue weighted by molar-refractivity contribution is 5.91. The lowest BCUT2D eigenvalue weighted by Crippen LogP contribution is -2.39. The second-order valence-corrected chi connectivity index (χ2v) is 7.06. The molecule has 2 rings (SSSR count). The third kappa shape index (κ3) is 6.00. The average Bonchev–Trinajstić information content (AvgIpc) is 2.55. The first-order valence-electron chi connectivity index (χ1n) is 8.85. The van der Waals surface area contributed by atoms with Crippen LogP contribution in [0.3, 0.4) is 0 Å². The molecule has 1 heterocycles. The number of halogens is 1. The number of carbonyl (C=O) groups excluding carboxylic acids is 2. The maximum atomic E-state index is 13.1. The molecule has 0 radical (unpaired) electrons. The van der Waals surface area contributed by atoms with Gasteiger partial charge in [0.1, 0.15) is 5.82 Å². The summed E-state index contributed by atoms with van der Waals surface area (Å²) in [6.07, 6.45) is 4.86. The smallest absolute Gasteiger partial charge is 0.246 e. The zero-order valence-electron chi connectivity index (χ0n) is 15.3. The van der Waals surface area contributed by atoms with Gasteiger partial charge in [0.2, 0.25) is 11.8 Å². The molecular formula is C20H27FN2O2. The van der Waals surface area contributed by atoms with E-state index in [1.807, 2.05) is 18.7 Å². The molecule has 0 aromatic heterocycles. The lowest BCUT2D eigenvalue weighted by Gasteiger charge is -2.32. The maximum absolute atomic E-state index is 13.1. The van der Waals surface area contributed by atoms with Crippen LogP contribution in [0.25, 0.3) is 0 Å². The Hall–Kier alpha value is -2.17. The number of amides is 2. The summed E-state index contributed by atoms with van der Waals surface area (Å²) in [6.45, 7) is 7.11. The molecule has 4 nitrogen and oxygen atoms in total. The highest BCUT2D eigenvalue weighted by Crippen LogP contribution is 2.22. The highest BCUT2D eigenvalue weighted by atomic mass is 19.1. The number of hydrogen-bond donors (Lipinski definition) is 1. The predicted octanol–water partition coefficient (Wildman–Crippen LogP) is 4.06. The van der Waals surface area contributed by atoms with Crippen LogP contribution >= 0.6 is 0 Å². The van der Waals surface area contributed by atoms with E-state index < -0.39 is 0 Å². The molecule has 2 amide bonds. The molecule has 0 bridgehead atoms. The molecule has 136 valence electrons. The average molecular weight is 346 g/mol. The summed E-state index contributed by atoms with van der Waals surface area (Å²) in [7, 11) is 0. The lowest BCUT2D eigenvalue weighted by molar-refractivity contribution is -0.127. The monoisotopic (exact) mass is 346 g/mol. The van der Waals surface area contributed by atoms with Crippen LogP contribution in [-0.4, -0.2) is 29.8 Å². The molecule has 1 aliphatic heterocycles. The summed E-state index contributed by atoms with van der Waals surface area (Å²) >= 11 is 0. The van der Waals surface area contributed by atoms with Gasteiger partial charge in [-0.05, 0) is 69.7 Å². The number of rotatable bonds is 5. The predicted molar refractivity (Wildman–Crippen MR) is 97.7 cm³/mol. The molecule has 5 heteroatoms. The second kappa shape index (κ2) is 8.79. The van der Waals surface area contributed by atoms with Crippen molar-refractivity contribution < 1.29 is 14.0 Å². The van der Waals surface area contributed by atoms with Gasteiger partial charge in [-0.3, -0.25) is 9.59 Å². The molecule has 0 spiro atoms. The van der Waals surface area contributed by atoms with Gasteiger partial charge < -0.3 is 10.2 Å². The van der Waals surface area contributed by atoms with E-state index >= 15 is 0 Å². The van der Waals surface area contributed by atoms with E-state index in [0.29, 0.717) is 30.1 Å². The van der Waals surface area contributed by atoms with Gasteiger partial charge in [0, 0.05) is 31.3 Å². The van der Waals surface area contributed by atoms with Gasteiger partial charge in [0.05, 0.1) is 0 Å². The standard InChI is InChI=1S/C20H27FN2O2/c1-14(2)11-20(25)23-10-4-5-16(13-23)6-9-19(24)22-18-8-7-17(21)12-15(18)3/h7-8,11-12,16H,4-6,9-10,13H2,1-3H3,(H,22,24)/t16-/m0/s1. The van der Waals surface area contributed by atoms with Crippen molar-refractivity contribution in [2.75, 3.05) is 18.4 Å². The molecule has 0 saturated carbocycles. The minimum Gasteiger partial charge on any atom is -0.339 e. The van der Waals surface area contributed by atoms with Crippen molar-refractivity contribution in [2.24, 2.45) is 5.92 Å². The van der Waals surface area contributed by atoms with Gasteiger partial charge in [-0.1, -0.05) is 5.57 Å². The van der Waals surface area contributed by atoms with Crippen LogP contribution < -0.4 is 5.32 Å². The third-order valence-corrected chi connectivity index (χ3v) is 4.49. The Balaban J connectivity index is 1.83. The zero-order chi connectivity index (χ0) is 18.4. The quantitative estimate of drug-likeness (QED) is 0.818. The molecule has 0 aliphatic carbocycles. The van der Waals surface area contributed by atoms with Crippen LogP contribution in [0.5, 0.6) is 0 Å². The second-order valence-electron chi connectivity index (χ2n) is 7.06. The van der Waals surface area contributed by atoms with E-state index in [1.165, 1.54) is 12.1 Å². The molecule has 1 aromatic rings. The van der Waals surface area contributed by atoms with E-state index in [1.54, 1.807) is 19.1 Å². The van der Waals surface area contributed by atoms with Crippen molar-refractivity contribution in [2.45, 2.75) is 46.5 Å². The molecule has 0 unspecified atom stereocenters. The summed E-state index contributed by atoms with van der Waals surface area (Å²) in [5.74, 6) is 0.0423. The first-order chi connectivity index (χ1) is 11.8. The number of likely N-dealkylation sites (tertiary alicyclic amines) is 1. The minimum absolute atomic E-state index is 0.0658. The Morgan fingerprint density at radius 1 is 1.36 bits per heavy atom. The fraction of sp³-hybridized carbons (Fsp3) is 0.500. The van der Waals surface area contributed by atoms with Crippen LogP contribution in [0.15, 0.2) is 29.8 Å². The van der Waals surface area contributed by atoms with Crippen molar-refractivity contribution >= 4 is 17.5 Å². The van der Waals surface area contributed by atoms with Crippen LogP contribution in [0.4, 0.5) is 10.1 Å². The summed E-state index contributed by atoms with van der Waals surface area (Å²) in [5.41, 5.74) is 2.36. The number of anilines is 1. The molecule has 1 atom stereocenters. The Labute approximate surface area is 149 Å². The number of hydrogen-bond acceptors (Lipinski definition) is 2. The van der Waals surface area contributed by atoms with Crippen LogP contribution in [0.2, 0.25) is 0 Å². The third-order valence-electron chi connectivity index (χ3n) is 4.49. The molecule has 1 aliphatic rings. The van der Waals surface area contributed by atoms with E-state index in [4.69, 9.17) is 0 Å². The number of allylic oxidation sites excluding steroid dienone is 1. The van der Waals surface area contributed by atoms with Crippen LogP contribution in [0, 0.1) is 18.7 Å². The largest absolute Gasteiger partial charge is 0.339 e. The molecule has 1 fully saturated rings. The highest BCUT2D eigenvalue weighted by Gasteiger charge is 2.23. The van der Waals surface area contributed by atoms with E-state index in [0.717, 1.165) is 31.4 Å². The van der Waals surface area contributed by atoms with Gasteiger partial charge >= 0.3 is 0 Å². The fourth-order valence-corrected chi connectivity index (χ4v) is 3.15. The van der Waals surface area contributed by atoms with E-state index in [-0.39, 0.29) is 17.6 Å². The van der Waals surface area contributed by atoms with Gasteiger partial charge in [0.25, 0.3) is 0 Å². The Kier molecular flexibility index (Phi) is 6.73. The minimum atomic E-state index is -0.307. The Morgan fingerprint density at radius 2 is 2.12 bits per heavy atom. The topological polar surface area (TPSA) is 49.4 Å². The van der Waals surface area contributed by atoms with Crippen LogP contribution in [-0.2, 0) is 9.59 Å². The summed E-state index contributed by atoms with van der Waals surface area (Å²) in [5, 5.41) is 2.84. The summed E-state index contributed by atoms with van der Waals surface area (Å²) in [6, 6.07) is 4.34. The summed E-state index contributed by atoms with van der Waals surface area (Å²) < 4.78 is 13.1. The normalized spacial score (nSPS) is 17.1. The number of benzene rings is 1. The van der Waals surface area contributed by atoms with E-state index in [2.05, 4.69) is 5.32 Å². The van der Waals surface area contributed by atoms with Gasteiger partial charge in [-0.15, -0.1) is 0 Å². The van der Waals surface area contributed by atoms with Crippen molar-refractivity contribution in [3.8, 4) is 0 Å². The number of nitrogens with one attached hydrogen (secondary N) is 1. The van der Waals surface area contributed by atoms with Crippen LogP contribution in [0.1, 0.15) is 45.1 Å². The fourth-order valence-electron chi connectivity index (χ4n) is 3.15. The molecule has 25 heavy (non-hydrogen) atoms. The van der Waals surface area contributed by atoms with Gasteiger partial charge in [-0.25, -0.2) is 4.39 Å². The Morgan fingerprint density at radius 3 is 2.80 bits per heavy atom. The first-order valence-corrected chi connectivity index (χ1v) is 8.85. The molecule has 1 aromatic carbocycles. The number of aryl methyl sites for hydroxylation is 1. The van der Waals surface area contributed by atoms with Crippen molar-refractivity contribution in [3.63, 3.8) is 0 Å². The van der Waals surface area contributed by atoms with E-state index in [9.17, 15) is 14.0 Å². The molecule has 1 N–H and O–H groups in total. The number of carbonyl (C=O) groups is 2. The number of nitrogens with zero attached hydrogens (tertiary/aromatic N) is 1. The van der Waals surface area contributed by atoms with Gasteiger partial charge in [0.15, 0.2) is 0 Å². The van der Waals surface area contributed by atoms with Crippen molar-refractivity contribution in [1.82, 2.24) is 4.90 Å². The SMILES string of the molecule is CC(C)=CC(=O)N1CCC[C@@H](CCC(=O)Nc2ccc(F)cc2C)C1. The van der Waals surface area contributed by atoms with Gasteiger partial charge in [-0.2, -0.15) is 0 Å². The first kappa shape index (κ1) is 19.2.